The lowest BCUT2D eigenvalue weighted by atomic mass is 10.0. The van der Waals surface area contributed by atoms with Gasteiger partial charge >= 0.3 is 0 Å². The van der Waals surface area contributed by atoms with E-state index in [1.165, 1.54) is 0 Å². The van der Waals surface area contributed by atoms with Crippen molar-refractivity contribution in [3.05, 3.63) is 23.8 Å². The SMILES string of the molecule is CCC(CC)C(=O)N(Cc1cc(NC(=O)CC(C)C)ccc1N(C)C)C[C@H]1CCCO1. The van der Waals surface area contributed by atoms with Gasteiger partial charge in [0, 0.05) is 57.5 Å². The van der Waals surface area contributed by atoms with E-state index < -0.39 is 0 Å². The fourth-order valence-corrected chi connectivity index (χ4v) is 4.18. The van der Waals surface area contributed by atoms with E-state index >= 15 is 0 Å². The average Bonchev–Trinajstić information content (AvgIpc) is 3.20. The number of anilines is 2. The third-order valence-corrected chi connectivity index (χ3v) is 5.89. The molecule has 0 bridgehead atoms. The summed E-state index contributed by atoms with van der Waals surface area (Å²) in [7, 11) is 4.01. The molecule has 2 rings (SSSR count). The molecule has 1 saturated heterocycles. The van der Waals surface area contributed by atoms with Crippen molar-refractivity contribution >= 4 is 23.2 Å². The largest absolute Gasteiger partial charge is 0.377 e. The first-order valence-corrected chi connectivity index (χ1v) is 11.8. The van der Waals surface area contributed by atoms with Gasteiger partial charge in [-0.2, -0.15) is 0 Å². The molecular weight excluding hydrogens is 390 g/mol. The third kappa shape index (κ3) is 7.53. The van der Waals surface area contributed by atoms with Crippen LogP contribution in [-0.4, -0.2) is 50.1 Å². The second-order valence-electron chi connectivity index (χ2n) is 9.25. The Bertz CT molecular complexity index is 723. The summed E-state index contributed by atoms with van der Waals surface area (Å²) in [4.78, 5) is 29.7. The van der Waals surface area contributed by atoms with Gasteiger partial charge in [-0.3, -0.25) is 9.59 Å². The van der Waals surface area contributed by atoms with Gasteiger partial charge in [0.05, 0.1) is 6.10 Å². The van der Waals surface area contributed by atoms with Crippen LogP contribution in [0.25, 0.3) is 0 Å². The molecule has 1 atom stereocenters. The van der Waals surface area contributed by atoms with Crippen LogP contribution in [0, 0.1) is 11.8 Å². The van der Waals surface area contributed by atoms with Crippen molar-refractivity contribution in [2.24, 2.45) is 11.8 Å². The highest BCUT2D eigenvalue weighted by Gasteiger charge is 2.27. The normalized spacial score (nSPS) is 16.1. The van der Waals surface area contributed by atoms with Crippen LogP contribution in [-0.2, 0) is 20.9 Å². The first kappa shape index (κ1) is 25.2. The number of rotatable bonds is 11. The number of nitrogens with zero attached hydrogens (tertiary/aromatic N) is 2. The Hall–Kier alpha value is -2.08. The summed E-state index contributed by atoms with van der Waals surface area (Å²) in [5.41, 5.74) is 2.86. The maximum absolute atomic E-state index is 13.3. The Morgan fingerprint density at radius 3 is 2.45 bits per heavy atom. The maximum atomic E-state index is 13.3. The van der Waals surface area contributed by atoms with Crippen molar-refractivity contribution in [2.45, 2.75) is 72.4 Å². The zero-order valence-electron chi connectivity index (χ0n) is 20.2. The van der Waals surface area contributed by atoms with Gasteiger partial charge in [-0.1, -0.05) is 27.7 Å². The first-order chi connectivity index (χ1) is 14.7. The van der Waals surface area contributed by atoms with Gasteiger partial charge in [0.1, 0.15) is 0 Å². The zero-order chi connectivity index (χ0) is 23.0. The summed E-state index contributed by atoms with van der Waals surface area (Å²) < 4.78 is 5.85. The van der Waals surface area contributed by atoms with Crippen molar-refractivity contribution in [3.63, 3.8) is 0 Å². The molecule has 0 radical (unpaired) electrons. The molecule has 1 aliphatic heterocycles. The number of hydrogen-bond donors (Lipinski definition) is 1. The number of hydrogen-bond acceptors (Lipinski definition) is 4. The number of nitrogens with one attached hydrogen (secondary N) is 1. The van der Waals surface area contributed by atoms with E-state index in [0.717, 1.165) is 49.2 Å². The molecule has 6 nitrogen and oxygen atoms in total. The van der Waals surface area contributed by atoms with E-state index in [9.17, 15) is 9.59 Å². The molecular formula is C25H41N3O3. The van der Waals surface area contributed by atoms with E-state index in [1.807, 2.05) is 51.0 Å². The van der Waals surface area contributed by atoms with Crippen LogP contribution in [0.1, 0.15) is 65.4 Å². The lowest BCUT2D eigenvalue weighted by Gasteiger charge is -2.30. The van der Waals surface area contributed by atoms with Gasteiger partial charge in [-0.05, 0) is 55.4 Å². The molecule has 1 aromatic rings. The molecule has 0 saturated carbocycles. The van der Waals surface area contributed by atoms with E-state index in [1.54, 1.807) is 0 Å². The minimum atomic E-state index is 0.0165. The molecule has 1 N–H and O–H groups in total. The number of carbonyl (C=O) groups is 2. The van der Waals surface area contributed by atoms with Crippen LogP contribution in [0.3, 0.4) is 0 Å². The number of carbonyl (C=O) groups excluding carboxylic acids is 2. The number of ether oxygens (including phenoxy) is 1. The van der Waals surface area contributed by atoms with Gasteiger partial charge in [-0.15, -0.1) is 0 Å². The van der Waals surface area contributed by atoms with Gasteiger partial charge in [0.25, 0.3) is 0 Å². The van der Waals surface area contributed by atoms with E-state index in [2.05, 4.69) is 24.1 Å². The van der Waals surface area contributed by atoms with Crippen molar-refractivity contribution < 1.29 is 14.3 Å². The molecule has 1 heterocycles. The Balaban J connectivity index is 2.29. The van der Waals surface area contributed by atoms with E-state index in [0.29, 0.717) is 25.4 Å². The summed E-state index contributed by atoms with van der Waals surface area (Å²) >= 11 is 0. The van der Waals surface area contributed by atoms with Gasteiger partial charge in [-0.25, -0.2) is 0 Å². The highest BCUT2D eigenvalue weighted by atomic mass is 16.5. The van der Waals surface area contributed by atoms with Crippen molar-refractivity contribution in [1.29, 1.82) is 0 Å². The topological polar surface area (TPSA) is 61.9 Å². The highest BCUT2D eigenvalue weighted by molar-refractivity contribution is 5.91. The lowest BCUT2D eigenvalue weighted by Crippen LogP contribution is -2.40. The minimum absolute atomic E-state index is 0.0165. The predicted octanol–water partition coefficient (Wildman–Crippen LogP) is 4.68. The summed E-state index contributed by atoms with van der Waals surface area (Å²) in [6.45, 7) is 10.1. The van der Waals surface area contributed by atoms with Crippen molar-refractivity contribution in [2.75, 3.05) is 37.5 Å². The Morgan fingerprint density at radius 1 is 1.19 bits per heavy atom. The molecule has 1 fully saturated rings. The molecule has 1 aliphatic rings. The van der Waals surface area contributed by atoms with Crippen LogP contribution < -0.4 is 10.2 Å². The zero-order valence-corrected chi connectivity index (χ0v) is 20.2. The van der Waals surface area contributed by atoms with Gasteiger partial charge in [0.2, 0.25) is 11.8 Å². The van der Waals surface area contributed by atoms with Gasteiger partial charge < -0.3 is 19.9 Å². The second-order valence-corrected chi connectivity index (χ2v) is 9.25. The molecule has 31 heavy (non-hydrogen) atoms. The predicted molar refractivity (Wildman–Crippen MR) is 127 cm³/mol. The second kappa shape index (κ2) is 12.1. The average molecular weight is 432 g/mol. The Labute approximate surface area is 188 Å². The molecule has 1 aromatic carbocycles. The Kier molecular flexibility index (Phi) is 9.82. The number of benzene rings is 1. The minimum Gasteiger partial charge on any atom is -0.377 e. The first-order valence-electron chi connectivity index (χ1n) is 11.8. The molecule has 0 spiro atoms. The summed E-state index contributed by atoms with van der Waals surface area (Å²) in [5.74, 6) is 0.542. The molecule has 0 unspecified atom stereocenters. The van der Waals surface area contributed by atoms with Crippen LogP contribution >= 0.6 is 0 Å². The third-order valence-electron chi connectivity index (χ3n) is 5.89. The maximum Gasteiger partial charge on any atom is 0.226 e. The standard InChI is InChI=1S/C25H41N3O3/c1-7-19(8-2)25(30)28(17-22-10-9-13-31-22)16-20-15-21(11-12-23(20)27(5)6)26-24(29)14-18(3)4/h11-12,15,18-19,22H,7-10,13-14,16-17H2,1-6H3,(H,26,29)/t22-/m1/s1. The summed E-state index contributed by atoms with van der Waals surface area (Å²) in [6, 6.07) is 5.96. The smallest absolute Gasteiger partial charge is 0.226 e. The fourth-order valence-electron chi connectivity index (χ4n) is 4.18. The van der Waals surface area contributed by atoms with E-state index in [4.69, 9.17) is 4.74 Å². The number of amides is 2. The van der Waals surface area contributed by atoms with Crippen LogP contribution in [0.15, 0.2) is 18.2 Å². The Morgan fingerprint density at radius 2 is 1.90 bits per heavy atom. The molecule has 2 amide bonds. The molecule has 0 aliphatic carbocycles. The van der Waals surface area contributed by atoms with Crippen LogP contribution in [0.5, 0.6) is 0 Å². The molecule has 6 heteroatoms. The van der Waals surface area contributed by atoms with Gasteiger partial charge in [0.15, 0.2) is 0 Å². The quantitative estimate of drug-likeness (QED) is 0.553. The molecule has 0 aromatic heterocycles. The van der Waals surface area contributed by atoms with E-state index in [-0.39, 0.29) is 23.8 Å². The fraction of sp³-hybridized carbons (Fsp3) is 0.680. The monoisotopic (exact) mass is 431 g/mol. The van der Waals surface area contributed by atoms with Crippen LogP contribution in [0.2, 0.25) is 0 Å². The highest BCUT2D eigenvalue weighted by Crippen LogP contribution is 2.27. The van der Waals surface area contributed by atoms with Crippen molar-refractivity contribution in [1.82, 2.24) is 4.90 Å². The van der Waals surface area contributed by atoms with Crippen LogP contribution in [0.4, 0.5) is 11.4 Å². The summed E-state index contributed by atoms with van der Waals surface area (Å²) in [6.07, 6.45) is 4.32. The molecule has 174 valence electrons. The lowest BCUT2D eigenvalue weighted by molar-refractivity contribution is -0.138. The van der Waals surface area contributed by atoms with Crippen molar-refractivity contribution in [3.8, 4) is 0 Å². The summed E-state index contributed by atoms with van der Waals surface area (Å²) in [5, 5.41) is 3.01.